The zero-order chi connectivity index (χ0) is 31.7. The van der Waals surface area contributed by atoms with E-state index in [1.807, 2.05) is 25.1 Å². The van der Waals surface area contributed by atoms with Crippen LogP contribution in [0.1, 0.15) is 94.4 Å². The predicted molar refractivity (Wildman–Crippen MR) is 178 cm³/mol. The predicted octanol–water partition coefficient (Wildman–Crippen LogP) is 8.81. The molecular weight excluding hydrogens is 571 g/mol. The topological polar surface area (TPSA) is 68.2 Å². The van der Waals surface area contributed by atoms with E-state index < -0.39 is 11.4 Å². The minimum atomic E-state index is -0.751. The second-order valence-electron chi connectivity index (χ2n) is 13.4. The number of nitrogens with one attached hydrogen (secondary N) is 2. The van der Waals surface area contributed by atoms with Crippen molar-refractivity contribution in [2.24, 2.45) is 5.92 Å². The average Bonchev–Trinajstić information content (AvgIpc) is 3.00. The molecule has 4 rings (SSSR count). The minimum Gasteiger partial charge on any atom is -0.329 e. The van der Waals surface area contributed by atoms with E-state index in [4.69, 9.17) is 11.6 Å². The number of allylic oxidation sites excluding steroid dienone is 2. The molecule has 2 N–H and O–H groups in total. The Hall–Kier alpha value is -3.14. The summed E-state index contributed by atoms with van der Waals surface area (Å²) in [5, 5.41) is 16.4. The summed E-state index contributed by atoms with van der Waals surface area (Å²) >= 11 is 6.19. The lowest BCUT2D eigenvalue weighted by Gasteiger charge is -2.44. The zero-order valence-corrected chi connectivity index (χ0v) is 27.5. The Labute approximate surface area is 268 Å². The van der Waals surface area contributed by atoms with Gasteiger partial charge < -0.3 is 15.5 Å². The molecule has 44 heavy (non-hydrogen) atoms. The summed E-state index contributed by atoms with van der Waals surface area (Å²) in [7, 11) is 0. The van der Waals surface area contributed by atoms with E-state index in [0.717, 1.165) is 58.0 Å². The van der Waals surface area contributed by atoms with Gasteiger partial charge in [0.15, 0.2) is 0 Å². The highest BCUT2D eigenvalue weighted by molar-refractivity contribution is 6.30. The number of hydrogen-bond acceptors (Lipinski definition) is 3. The first kappa shape index (κ1) is 33.7. The van der Waals surface area contributed by atoms with Crippen LogP contribution < -0.4 is 10.6 Å². The van der Waals surface area contributed by atoms with Gasteiger partial charge in [0.2, 0.25) is 0 Å². The maximum Gasteiger partial charge on any atom is 0.318 e. The van der Waals surface area contributed by atoms with Crippen LogP contribution in [0.3, 0.4) is 0 Å². The molecule has 0 aromatic heterocycles. The summed E-state index contributed by atoms with van der Waals surface area (Å²) in [6, 6.07) is 18.8. The third-order valence-electron chi connectivity index (χ3n) is 9.51. The van der Waals surface area contributed by atoms with Gasteiger partial charge in [-0.2, -0.15) is 5.26 Å². The van der Waals surface area contributed by atoms with E-state index in [1.165, 1.54) is 22.8 Å². The van der Waals surface area contributed by atoms with Gasteiger partial charge in [-0.15, -0.1) is 0 Å². The van der Waals surface area contributed by atoms with Gasteiger partial charge in [-0.05, 0) is 99.6 Å². The number of nitriles is 1. The maximum absolute atomic E-state index is 14.1. The van der Waals surface area contributed by atoms with Crippen LogP contribution in [0, 0.1) is 24.2 Å². The molecule has 1 fully saturated rings. The number of hydrogen-bond donors (Lipinski definition) is 2. The molecule has 2 aliphatic rings. The molecule has 0 saturated heterocycles. The molecule has 7 heteroatoms. The van der Waals surface area contributed by atoms with Crippen molar-refractivity contribution in [3.63, 3.8) is 0 Å². The number of nitrogens with zero attached hydrogens (tertiary/aromatic N) is 2. The van der Waals surface area contributed by atoms with Crippen LogP contribution in [0.25, 0.3) is 0 Å². The van der Waals surface area contributed by atoms with Crippen LogP contribution in [-0.2, 0) is 12.0 Å². The second-order valence-corrected chi connectivity index (χ2v) is 13.8. The van der Waals surface area contributed by atoms with Crippen molar-refractivity contribution in [1.29, 1.82) is 5.26 Å². The fourth-order valence-corrected chi connectivity index (χ4v) is 7.13. The van der Waals surface area contributed by atoms with Gasteiger partial charge in [0.05, 0.1) is 22.2 Å². The van der Waals surface area contributed by atoms with Crippen molar-refractivity contribution in [3.8, 4) is 6.07 Å². The first-order valence-electron chi connectivity index (χ1n) is 16.1. The highest BCUT2D eigenvalue weighted by Crippen LogP contribution is 2.41. The molecule has 2 aromatic rings. The second kappa shape index (κ2) is 15.2. The molecule has 2 atom stereocenters. The summed E-state index contributed by atoms with van der Waals surface area (Å²) in [6.07, 6.45) is 10.0. The van der Waals surface area contributed by atoms with Crippen molar-refractivity contribution in [2.45, 2.75) is 103 Å². The standard InChI is InChI=1S/C37H48ClFN4O/c1-5-8-28(16-20-41-25-30-11-6-9-27(2)21-30)26-43(35(44)42-37(4)19-15-34(39)33(38)23-37)32-13-17-36(3,18-14-32)31-12-7-10-29(22-31)24-40/h6-7,9-12,15,19,21-22,28,32,41H,5,8,13-14,16-18,20,23,25-26H2,1-4H3,(H,42,44). The molecule has 2 aromatic carbocycles. The first-order chi connectivity index (χ1) is 21.0. The Balaban J connectivity index is 1.47. The fraction of sp³-hybridized carbons (Fsp3) is 0.514. The van der Waals surface area contributed by atoms with E-state index in [9.17, 15) is 14.4 Å². The van der Waals surface area contributed by atoms with Crippen LogP contribution in [0.2, 0.25) is 0 Å². The van der Waals surface area contributed by atoms with Gasteiger partial charge in [0.1, 0.15) is 5.83 Å². The number of halogens is 2. The number of aryl methyl sites for hydroxylation is 1. The lowest BCUT2D eigenvalue weighted by Crippen LogP contribution is -2.56. The molecule has 0 heterocycles. The van der Waals surface area contributed by atoms with Crippen molar-refractivity contribution in [3.05, 3.63) is 93.8 Å². The highest BCUT2D eigenvalue weighted by Gasteiger charge is 2.38. The third kappa shape index (κ3) is 8.96. The Morgan fingerprint density at radius 3 is 2.59 bits per heavy atom. The minimum absolute atomic E-state index is 0.0397. The third-order valence-corrected chi connectivity index (χ3v) is 9.83. The van der Waals surface area contributed by atoms with Crippen LogP contribution in [0.4, 0.5) is 9.18 Å². The van der Waals surface area contributed by atoms with Gasteiger partial charge in [-0.25, -0.2) is 9.18 Å². The molecule has 0 spiro atoms. The molecule has 0 radical (unpaired) electrons. The molecule has 236 valence electrons. The SMILES string of the molecule is CCCC(CCNCc1cccc(C)c1)CN(C(=O)NC1(C)C=CC(F)=C(Cl)C1)C1CCC(C)(c2cccc(C#N)c2)CC1. The van der Waals surface area contributed by atoms with Gasteiger partial charge in [-0.1, -0.05) is 79.9 Å². The average molecular weight is 619 g/mol. The number of amides is 2. The molecule has 0 bridgehead atoms. The van der Waals surface area contributed by atoms with Crippen LogP contribution >= 0.6 is 11.6 Å². The number of carbonyl (C=O) groups excluding carboxylic acids is 1. The van der Waals surface area contributed by atoms with Crippen molar-refractivity contribution < 1.29 is 9.18 Å². The van der Waals surface area contributed by atoms with E-state index in [1.54, 1.807) is 6.08 Å². The number of benzene rings is 2. The summed E-state index contributed by atoms with van der Waals surface area (Å²) < 4.78 is 14.0. The number of carbonyl (C=O) groups is 1. The number of urea groups is 1. The summed E-state index contributed by atoms with van der Waals surface area (Å²) in [6.45, 7) is 10.9. The Morgan fingerprint density at radius 1 is 1.16 bits per heavy atom. The zero-order valence-electron chi connectivity index (χ0n) is 26.8. The molecule has 1 saturated carbocycles. The summed E-state index contributed by atoms with van der Waals surface area (Å²) in [5.41, 5.74) is 3.63. The summed E-state index contributed by atoms with van der Waals surface area (Å²) in [4.78, 5) is 16.1. The van der Waals surface area contributed by atoms with Crippen LogP contribution in [-0.4, -0.2) is 35.6 Å². The van der Waals surface area contributed by atoms with Gasteiger partial charge in [-0.3, -0.25) is 0 Å². The summed E-state index contributed by atoms with van der Waals surface area (Å²) in [5.74, 6) is -0.0875. The Morgan fingerprint density at radius 2 is 1.91 bits per heavy atom. The Bertz CT molecular complexity index is 1390. The molecule has 2 unspecified atom stereocenters. The first-order valence-corrected chi connectivity index (χ1v) is 16.5. The van der Waals surface area contributed by atoms with E-state index in [2.05, 4.69) is 72.7 Å². The molecule has 2 aliphatic carbocycles. The molecular formula is C37H48ClFN4O. The monoisotopic (exact) mass is 618 g/mol. The van der Waals surface area contributed by atoms with Gasteiger partial charge in [0, 0.05) is 25.6 Å². The maximum atomic E-state index is 14.1. The molecule has 0 aliphatic heterocycles. The van der Waals surface area contributed by atoms with Crippen molar-refractivity contribution in [1.82, 2.24) is 15.5 Å². The lowest BCUT2D eigenvalue weighted by atomic mass is 9.69. The fourth-order valence-electron chi connectivity index (χ4n) is 6.79. The van der Waals surface area contributed by atoms with Crippen LogP contribution in [0.5, 0.6) is 0 Å². The Kier molecular flexibility index (Phi) is 11.7. The van der Waals surface area contributed by atoms with Gasteiger partial charge >= 0.3 is 6.03 Å². The normalized spacial score (nSPS) is 24.1. The van der Waals surface area contributed by atoms with Crippen molar-refractivity contribution in [2.75, 3.05) is 13.1 Å². The molecule has 5 nitrogen and oxygen atoms in total. The largest absolute Gasteiger partial charge is 0.329 e. The lowest BCUT2D eigenvalue weighted by molar-refractivity contribution is 0.117. The van der Waals surface area contributed by atoms with Crippen LogP contribution in [0.15, 0.2) is 71.5 Å². The smallest absolute Gasteiger partial charge is 0.318 e. The quantitative estimate of drug-likeness (QED) is 0.234. The number of rotatable bonds is 12. The highest BCUT2D eigenvalue weighted by atomic mass is 35.5. The van der Waals surface area contributed by atoms with E-state index in [-0.39, 0.29) is 28.9 Å². The van der Waals surface area contributed by atoms with Crippen molar-refractivity contribution >= 4 is 17.6 Å². The van der Waals surface area contributed by atoms with Gasteiger partial charge in [0.25, 0.3) is 0 Å². The van der Waals surface area contributed by atoms with E-state index in [0.29, 0.717) is 18.0 Å². The molecule has 2 amide bonds. The van der Waals surface area contributed by atoms with E-state index >= 15 is 0 Å².